The van der Waals surface area contributed by atoms with E-state index in [0.717, 1.165) is 12.1 Å². The molecule has 0 saturated heterocycles. The molecule has 24 heavy (non-hydrogen) atoms. The molecule has 1 N–H and O–H groups in total. The maximum absolute atomic E-state index is 13.7. The average molecular weight is 327 g/mol. The van der Waals surface area contributed by atoms with Gasteiger partial charge in [-0.2, -0.15) is 5.11 Å². The lowest BCUT2D eigenvalue weighted by Crippen LogP contribution is -2.16. The van der Waals surface area contributed by atoms with Crippen molar-refractivity contribution in [3.8, 4) is 0 Å². The minimum atomic E-state index is -0.951. The van der Waals surface area contributed by atoms with E-state index < -0.39 is 29.5 Å². The Hall–Kier alpha value is -3.22. The first-order chi connectivity index (χ1) is 11.5. The molecule has 0 saturated carbocycles. The fourth-order valence-corrected chi connectivity index (χ4v) is 2.26. The number of halogens is 2. The monoisotopic (exact) mass is 327 g/mol. The number of anilines is 1. The quantitative estimate of drug-likeness (QED) is 0.931. The number of rotatable bonds is 3. The van der Waals surface area contributed by atoms with Gasteiger partial charge in [0, 0.05) is 23.4 Å². The molecule has 2 aromatic carbocycles. The predicted molar refractivity (Wildman–Crippen MR) is 82.5 cm³/mol. The van der Waals surface area contributed by atoms with E-state index in [9.17, 15) is 18.4 Å². The van der Waals surface area contributed by atoms with E-state index in [0.29, 0.717) is 17.3 Å². The summed E-state index contributed by atoms with van der Waals surface area (Å²) < 4.78 is 26.7. The van der Waals surface area contributed by atoms with E-state index in [4.69, 9.17) is 0 Å². The zero-order valence-corrected chi connectivity index (χ0v) is 12.2. The van der Waals surface area contributed by atoms with Gasteiger partial charge in [-0.1, -0.05) is 18.2 Å². The molecule has 0 bridgehead atoms. The van der Waals surface area contributed by atoms with Crippen LogP contribution in [0.3, 0.4) is 0 Å². The zero-order chi connectivity index (χ0) is 17.1. The Morgan fingerprint density at radius 1 is 1.12 bits per heavy atom. The minimum absolute atomic E-state index is 0.276. The van der Waals surface area contributed by atoms with Crippen LogP contribution in [-0.2, 0) is 4.79 Å². The van der Waals surface area contributed by atoms with Gasteiger partial charge in [0.1, 0.15) is 17.7 Å². The fourth-order valence-electron chi connectivity index (χ4n) is 2.26. The van der Waals surface area contributed by atoms with Crippen LogP contribution in [0.4, 0.5) is 14.5 Å². The van der Waals surface area contributed by atoms with Crippen LogP contribution in [0.15, 0.2) is 64.8 Å². The van der Waals surface area contributed by atoms with E-state index in [1.54, 1.807) is 30.3 Å². The first-order valence-corrected chi connectivity index (χ1v) is 7.03. The molecule has 5 nitrogen and oxygen atoms in total. The molecule has 0 radical (unpaired) electrons. The van der Waals surface area contributed by atoms with Gasteiger partial charge in [0.25, 0.3) is 11.8 Å². The molecule has 1 atom stereocenters. The summed E-state index contributed by atoms with van der Waals surface area (Å²) in [7, 11) is 0. The number of carbonyl (C=O) groups is 2. The molecule has 1 heterocycles. The van der Waals surface area contributed by atoms with Crippen molar-refractivity contribution in [1.82, 2.24) is 0 Å². The van der Waals surface area contributed by atoms with Crippen molar-refractivity contribution >= 4 is 17.5 Å². The summed E-state index contributed by atoms with van der Waals surface area (Å²) >= 11 is 0. The molecular formula is C17H11F2N3O2. The summed E-state index contributed by atoms with van der Waals surface area (Å²) in [5, 5.41) is 9.91. The SMILES string of the molecule is O=C1C=CC(c2ccccc2NC(=O)c2ccc(F)cc2F)N=N1. The highest BCUT2D eigenvalue weighted by atomic mass is 19.1. The maximum atomic E-state index is 13.7. The van der Waals surface area contributed by atoms with Crippen LogP contribution in [0.2, 0.25) is 0 Å². The van der Waals surface area contributed by atoms with E-state index in [1.807, 2.05) is 0 Å². The number of amides is 2. The largest absolute Gasteiger partial charge is 0.322 e. The van der Waals surface area contributed by atoms with Crippen LogP contribution in [0.25, 0.3) is 0 Å². The molecule has 1 aliphatic rings. The Morgan fingerprint density at radius 3 is 2.62 bits per heavy atom. The van der Waals surface area contributed by atoms with Crippen LogP contribution in [0.5, 0.6) is 0 Å². The van der Waals surface area contributed by atoms with Crippen LogP contribution in [0.1, 0.15) is 22.0 Å². The second-order valence-corrected chi connectivity index (χ2v) is 5.02. The average Bonchev–Trinajstić information content (AvgIpc) is 2.56. The van der Waals surface area contributed by atoms with Crippen molar-refractivity contribution in [2.45, 2.75) is 6.04 Å². The van der Waals surface area contributed by atoms with Gasteiger partial charge in [-0.3, -0.25) is 9.59 Å². The lowest BCUT2D eigenvalue weighted by molar-refractivity contribution is -0.114. The molecule has 1 aliphatic heterocycles. The van der Waals surface area contributed by atoms with Crippen molar-refractivity contribution in [2.75, 3.05) is 5.32 Å². The summed E-state index contributed by atoms with van der Waals surface area (Å²) in [5.41, 5.74) is 0.720. The van der Waals surface area contributed by atoms with Crippen LogP contribution in [0, 0.1) is 11.6 Å². The van der Waals surface area contributed by atoms with Gasteiger partial charge in [0.05, 0.1) is 5.56 Å². The Kier molecular flexibility index (Phi) is 4.24. The predicted octanol–water partition coefficient (Wildman–Crippen LogP) is 3.81. The molecule has 0 aliphatic carbocycles. The molecular weight excluding hydrogens is 316 g/mol. The van der Waals surface area contributed by atoms with Crippen molar-refractivity contribution in [1.29, 1.82) is 0 Å². The van der Waals surface area contributed by atoms with Gasteiger partial charge in [-0.15, -0.1) is 5.11 Å². The number of para-hydroxylation sites is 1. The fraction of sp³-hybridized carbons (Fsp3) is 0.0588. The second kappa shape index (κ2) is 6.49. The summed E-state index contributed by atoms with van der Waals surface area (Å²) in [6.07, 6.45) is 2.84. The number of carbonyl (C=O) groups excluding carboxylic acids is 2. The molecule has 0 aromatic heterocycles. The number of azo groups is 1. The lowest BCUT2D eigenvalue weighted by atomic mass is 10.0. The number of benzene rings is 2. The maximum Gasteiger partial charge on any atom is 0.287 e. The third kappa shape index (κ3) is 3.24. The minimum Gasteiger partial charge on any atom is -0.322 e. The number of hydrogen-bond acceptors (Lipinski definition) is 3. The molecule has 120 valence electrons. The highest BCUT2D eigenvalue weighted by molar-refractivity contribution is 6.05. The molecule has 7 heteroatoms. The summed E-state index contributed by atoms with van der Waals surface area (Å²) in [6.45, 7) is 0. The highest BCUT2D eigenvalue weighted by Crippen LogP contribution is 2.29. The van der Waals surface area contributed by atoms with Crippen molar-refractivity contribution < 1.29 is 18.4 Å². The van der Waals surface area contributed by atoms with Crippen molar-refractivity contribution in [3.05, 3.63) is 77.4 Å². The summed E-state index contributed by atoms with van der Waals surface area (Å²) in [4.78, 5) is 23.3. The first-order valence-electron chi connectivity index (χ1n) is 7.03. The Morgan fingerprint density at radius 2 is 1.92 bits per heavy atom. The van der Waals surface area contributed by atoms with Gasteiger partial charge in [0.2, 0.25) is 0 Å². The van der Waals surface area contributed by atoms with Crippen LogP contribution < -0.4 is 5.32 Å². The number of nitrogens with zero attached hydrogens (tertiary/aromatic N) is 2. The Labute approximate surface area is 135 Å². The van der Waals surface area contributed by atoms with Crippen LogP contribution >= 0.6 is 0 Å². The normalized spacial score (nSPS) is 16.2. The molecule has 0 spiro atoms. The summed E-state index contributed by atoms with van der Waals surface area (Å²) in [6, 6.07) is 8.95. The lowest BCUT2D eigenvalue weighted by Gasteiger charge is -2.15. The number of nitrogens with one attached hydrogen (secondary N) is 1. The highest BCUT2D eigenvalue weighted by Gasteiger charge is 2.18. The van der Waals surface area contributed by atoms with Gasteiger partial charge in [-0.25, -0.2) is 8.78 Å². The van der Waals surface area contributed by atoms with Gasteiger partial charge >= 0.3 is 0 Å². The molecule has 1 unspecified atom stereocenters. The molecule has 2 aromatic rings. The second-order valence-electron chi connectivity index (χ2n) is 5.02. The van der Waals surface area contributed by atoms with Gasteiger partial charge < -0.3 is 5.32 Å². The van der Waals surface area contributed by atoms with E-state index in [-0.39, 0.29) is 5.56 Å². The molecule has 2 amide bonds. The molecule has 0 fully saturated rings. The smallest absolute Gasteiger partial charge is 0.287 e. The standard InChI is InChI=1S/C17H11F2N3O2/c18-10-5-6-11(13(19)9-10)17(24)20-14-4-2-1-3-12(14)15-7-8-16(23)22-21-15/h1-9,15H,(H,20,24). The van der Waals surface area contributed by atoms with Gasteiger partial charge in [-0.05, 0) is 24.3 Å². The summed E-state index contributed by atoms with van der Waals surface area (Å²) in [5.74, 6) is -2.89. The van der Waals surface area contributed by atoms with E-state index in [2.05, 4.69) is 15.5 Å². The third-order valence-corrected chi connectivity index (χ3v) is 3.41. The molecule has 3 rings (SSSR count). The van der Waals surface area contributed by atoms with Gasteiger partial charge in [0.15, 0.2) is 0 Å². The van der Waals surface area contributed by atoms with E-state index >= 15 is 0 Å². The third-order valence-electron chi connectivity index (χ3n) is 3.41. The number of hydrogen-bond donors (Lipinski definition) is 1. The van der Waals surface area contributed by atoms with Crippen LogP contribution in [-0.4, -0.2) is 11.8 Å². The van der Waals surface area contributed by atoms with E-state index in [1.165, 1.54) is 6.08 Å². The Bertz CT molecular complexity index is 862. The zero-order valence-electron chi connectivity index (χ0n) is 12.2. The first kappa shape index (κ1) is 15.7. The topological polar surface area (TPSA) is 70.9 Å². The Balaban J connectivity index is 1.88. The van der Waals surface area contributed by atoms with Crippen molar-refractivity contribution in [2.24, 2.45) is 10.2 Å². The van der Waals surface area contributed by atoms with Crippen molar-refractivity contribution in [3.63, 3.8) is 0 Å².